The summed E-state index contributed by atoms with van der Waals surface area (Å²) in [6, 6.07) is 12.7. The molecule has 0 saturated carbocycles. The molecule has 8 nitrogen and oxygen atoms in total. The number of urea groups is 1. The molecule has 37 heavy (non-hydrogen) atoms. The quantitative estimate of drug-likeness (QED) is 0.357. The van der Waals surface area contributed by atoms with Gasteiger partial charge < -0.3 is 21.3 Å². The Kier molecular flexibility index (Phi) is 9.30. The number of hydrogen-bond acceptors (Lipinski definition) is 6. The molecule has 0 aliphatic carbocycles. The van der Waals surface area contributed by atoms with E-state index in [1.807, 2.05) is 12.1 Å². The lowest BCUT2D eigenvalue weighted by atomic mass is 10.1. The van der Waals surface area contributed by atoms with Crippen LogP contribution in [-0.2, 0) is 12.7 Å². The summed E-state index contributed by atoms with van der Waals surface area (Å²) in [5, 5.41) is 6.17. The van der Waals surface area contributed by atoms with Crippen LogP contribution in [0.15, 0.2) is 48.5 Å². The first-order valence-corrected chi connectivity index (χ1v) is 11.6. The van der Waals surface area contributed by atoms with Crippen molar-refractivity contribution in [3.63, 3.8) is 0 Å². The topological polar surface area (TPSA) is 99.4 Å². The molecule has 4 N–H and O–H groups in total. The average molecular weight is 577 g/mol. The van der Waals surface area contributed by atoms with E-state index < -0.39 is 23.8 Å². The zero-order chi connectivity index (χ0) is 25.9. The van der Waals surface area contributed by atoms with Crippen LogP contribution in [0.25, 0.3) is 0 Å². The number of benzene rings is 2. The summed E-state index contributed by atoms with van der Waals surface area (Å²) in [5.41, 5.74) is 6.59. The Labute approximate surface area is 227 Å². The molecule has 14 heteroatoms. The number of aromatic nitrogens is 2. The van der Waals surface area contributed by atoms with Crippen molar-refractivity contribution < 1.29 is 18.0 Å². The van der Waals surface area contributed by atoms with Gasteiger partial charge in [-0.1, -0.05) is 35.3 Å². The minimum atomic E-state index is -4.58. The number of amides is 2. The van der Waals surface area contributed by atoms with E-state index in [-0.39, 0.29) is 18.2 Å². The summed E-state index contributed by atoms with van der Waals surface area (Å²) in [7, 11) is 0. The predicted molar refractivity (Wildman–Crippen MR) is 142 cm³/mol. The molecule has 1 aromatic heterocycles. The average Bonchev–Trinajstić information content (AvgIpc) is 2.82. The third kappa shape index (κ3) is 7.75. The molecule has 0 spiro atoms. The van der Waals surface area contributed by atoms with Crippen molar-refractivity contribution in [2.75, 3.05) is 47.4 Å². The third-order valence-electron chi connectivity index (χ3n) is 5.51. The van der Waals surface area contributed by atoms with Gasteiger partial charge in [0, 0.05) is 50.2 Å². The molecule has 1 fully saturated rings. The second-order valence-electron chi connectivity index (χ2n) is 8.14. The third-order valence-corrected chi connectivity index (χ3v) is 6.25. The van der Waals surface area contributed by atoms with Gasteiger partial charge in [0.15, 0.2) is 5.69 Å². The summed E-state index contributed by atoms with van der Waals surface area (Å²) in [6.45, 7) is 2.93. The molecule has 0 atom stereocenters. The summed E-state index contributed by atoms with van der Waals surface area (Å²) in [5.74, 6) is -0.231. The first-order valence-electron chi connectivity index (χ1n) is 10.9. The molecule has 198 valence electrons. The van der Waals surface area contributed by atoms with Gasteiger partial charge in [-0.05, 0) is 35.9 Å². The molecule has 1 aliphatic heterocycles. The molecule has 1 aliphatic rings. The van der Waals surface area contributed by atoms with Crippen LogP contribution < -0.4 is 21.3 Å². The number of alkyl halides is 3. The fourth-order valence-electron chi connectivity index (χ4n) is 3.71. The van der Waals surface area contributed by atoms with Gasteiger partial charge in [0.05, 0.1) is 10.0 Å². The van der Waals surface area contributed by atoms with Crippen molar-refractivity contribution in [1.82, 2.24) is 14.9 Å². The lowest BCUT2D eigenvalue weighted by Crippen LogP contribution is -2.46. The van der Waals surface area contributed by atoms with Crippen molar-refractivity contribution in [3.8, 4) is 0 Å². The van der Waals surface area contributed by atoms with Crippen LogP contribution in [0, 0.1) is 0 Å². The molecule has 2 aromatic carbocycles. The highest BCUT2D eigenvalue weighted by Gasteiger charge is 2.34. The van der Waals surface area contributed by atoms with Gasteiger partial charge in [-0.2, -0.15) is 18.2 Å². The van der Waals surface area contributed by atoms with E-state index in [2.05, 4.69) is 25.5 Å². The van der Waals surface area contributed by atoms with E-state index in [9.17, 15) is 18.0 Å². The highest BCUT2D eigenvalue weighted by atomic mass is 35.5. The van der Waals surface area contributed by atoms with Crippen LogP contribution in [0.2, 0.25) is 10.0 Å². The number of nitrogens with two attached hydrogens (primary N) is 1. The monoisotopic (exact) mass is 575 g/mol. The van der Waals surface area contributed by atoms with Gasteiger partial charge in [0.1, 0.15) is 5.82 Å². The summed E-state index contributed by atoms with van der Waals surface area (Å²) >= 11 is 11.8. The highest BCUT2D eigenvalue weighted by molar-refractivity contribution is 6.42. The van der Waals surface area contributed by atoms with E-state index in [0.717, 1.165) is 11.6 Å². The number of nitrogens with one attached hydrogen (secondary N) is 2. The Hall–Kier alpha value is -2.99. The van der Waals surface area contributed by atoms with Crippen LogP contribution in [0.5, 0.6) is 0 Å². The fraction of sp³-hybridized carbons (Fsp3) is 0.261. The molecule has 0 radical (unpaired) electrons. The molecule has 1 saturated heterocycles. The standard InChI is InChI=1S/C23H22Cl2F3N7O.ClH/c24-17-6-5-16(11-18(17)25)31-22(36)30-15-3-1-14(2-4-15)13-34-7-9-35(10-8-34)20-12-19(23(26,27)28)32-21(29)33-20;/h1-6,11-12H,7-10,13H2,(H2,29,32,33)(H2,30,31,36);1H. The number of anilines is 4. The molecular weight excluding hydrogens is 554 g/mol. The largest absolute Gasteiger partial charge is 0.433 e. The Morgan fingerprint density at radius 1 is 0.919 bits per heavy atom. The lowest BCUT2D eigenvalue weighted by molar-refractivity contribution is -0.141. The van der Waals surface area contributed by atoms with Crippen molar-refractivity contribution >= 4 is 64.8 Å². The number of nitrogen functional groups attached to an aromatic ring is 1. The van der Waals surface area contributed by atoms with E-state index in [0.29, 0.717) is 54.1 Å². The van der Waals surface area contributed by atoms with E-state index in [1.165, 1.54) is 0 Å². The molecule has 4 rings (SSSR count). The summed E-state index contributed by atoms with van der Waals surface area (Å²) < 4.78 is 39.1. The first-order chi connectivity index (χ1) is 17.1. The zero-order valence-corrected chi connectivity index (χ0v) is 21.6. The number of carbonyl (C=O) groups excluding carboxylic acids is 1. The maximum absolute atomic E-state index is 13.0. The highest BCUT2D eigenvalue weighted by Crippen LogP contribution is 2.30. The van der Waals surface area contributed by atoms with Crippen LogP contribution in [0.1, 0.15) is 11.3 Å². The van der Waals surface area contributed by atoms with E-state index in [1.54, 1.807) is 35.2 Å². The van der Waals surface area contributed by atoms with Gasteiger partial charge in [-0.15, -0.1) is 12.4 Å². The molecule has 2 heterocycles. The maximum Gasteiger partial charge on any atom is 0.433 e. The lowest BCUT2D eigenvalue weighted by Gasteiger charge is -2.35. The smallest absolute Gasteiger partial charge is 0.368 e. The van der Waals surface area contributed by atoms with E-state index >= 15 is 0 Å². The maximum atomic E-state index is 13.0. The van der Waals surface area contributed by atoms with Gasteiger partial charge in [0.25, 0.3) is 0 Å². The molecule has 2 amide bonds. The number of hydrogen-bond donors (Lipinski definition) is 3. The zero-order valence-electron chi connectivity index (χ0n) is 19.2. The second-order valence-corrected chi connectivity index (χ2v) is 8.95. The first kappa shape index (κ1) is 28.6. The Bertz CT molecular complexity index is 1240. The summed E-state index contributed by atoms with van der Waals surface area (Å²) in [6.07, 6.45) is -4.58. The van der Waals surface area contributed by atoms with Crippen LogP contribution in [0.4, 0.5) is 41.1 Å². The Balaban J connectivity index is 0.00000380. The second kappa shape index (κ2) is 12.0. The molecular formula is C23H23Cl3F3N7O. The van der Waals surface area contributed by atoms with Crippen molar-refractivity contribution in [2.24, 2.45) is 0 Å². The number of carbonyl (C=O) groups is 1. The SMILES string of the molecule is Cl.Nc1nc(N2CCN(Cc3ccc(NC(=O)Nc4ccc(Cl)c(Cl)c4)cc3)CC2)cc(C(F)(F)F)n1. The van der Waals surface area contributed by atoms with Gasteiger partial charge in [0.2, 0.25) is 5.95 Å². The normalized spacial score (nSPS) is 14.1. The Morgan fingerprint density at radius 3 is 2.16 bits per heavy atom. The number of rotatable bonds is 5. The molecule has 3 aromatic rings. The summed E-state index contributed by atoms with van der Waals surface area (Å²) in [4.78, 5) is 23.4. The van der Waals surface area contributed by atoms with Crippen molar-refractivity contribution in [1.29, 1.82) is 0 Å². The minimum absolute atomic E-state index is 0. The van der Waals surface area contributed by atoms with Crippen molar-refractivity contribution in [2.45, 2.75) is 12.7 Å². The molecule has 0 bridgehead atoms. The fourth-order valence-corrected chi connectivity index (χ4v) is 4.01. The number of halogens is 6. The number of nitrogens with zero attached hydrogens (tertiary/aromatic N) is 4. The molecule has 0 unspecified atom stereocenters. The van der Waals surface area contributed by atoms with Gasteiger partial charge >= 0.3 is 12.2 Å². The van der Waals surface area contributed by atoms with Gasteiger partial charge in [-0.25, -0.2) is 9.78 Å². The van der Waals surface area contributed by atoms with Gasteiger partial charge in [-0.3, -0.25) is 4.90 Å². The van der Waals surface area contributed by atoms with Crippen LogP contribution in [0.3, 0.4) is 0 Å². The van der Waals surface area contributed by atoms with Crippen LogP contribution in [-0.4, -0.2) is 47.1 Å². The number of piperazine rings is 1. The predicted octanol–water partition coefficient (Wildman–Crippen LogP) is 5.77. The van der Waals surface area contributed by atoms with E-state index in [4.69, 9.17) is 28.9 Å². The van der Waals surface area contributed by atoms with Crippen molar-refractivity contribution in [3.05, 3.63) is 69.8 Å². The Morgan fingerprint density at radius 2 is 1.54 bits per heavy atom. The minimum Gasteiger partial charge on any atom is -0.368 e. The van der Waals surface area contributed by atoms with Crippen LogP contribution >= 0.6 is 35.6 Å².